The minimum absolute atomic E-state index is 0.0913. The van der Waals surface area contributed by atoms with Crippen LogP contribution in [0, 0.1) is 0 Å². The molecule has 26 heavy (non-hydrogen) atoms. The molecule has 2 aromatic heterocycles. The van der Waals surface area contributed by atoms with E-state index in [-0.39, 0.29) is 5.91 Å². The van der Waals surface area contributed by atoms with Gasteiger partial charge in [0.05, 0.1) is 30.4 Å². The lowest BCUT2D eigenvalue weighted by molar-refractivity contribution is -0.121. The van der Waals surface area contributed by atoms with Gasteiger partial charge in [0.1, 0.15) is 0 Å². The van der Waals surface area contributed by atoms with Gasteiger partial charge in [0.2, 0.25) is 5.91 Å². The Kier molecular flexibility index (Phi) is 5.22. The second-order valence-corrected chi connectivity index (χ2v) is 8.33. The standard InChI is InChI=1S/C20H19N3OS2/c24-18(11-12-20-23-15-7-2-4-9-17(15)26-20)21-13-5-10-19-22-14-6-1-3-8-16(14)25-19/h1-4,6-9H,5,10-13H2,(H,21,24). The molecule has 0 aliphatic heterocycles. The Morgan fingerprint density at radius 2 is 1.42 bits per heavy atom. The fraction of sp³-hybridized carbons (Fsp3) is 0.250. The molecule has 0 bridgehead atoms. The molecule has 0 aliphatic rings. The molecular weight excluding hydrogens is 362 g/mol. The molecule has 0 saturated carbocycles. The average molecular weight is 382 g/mol. The van der Waals surface area contributed by atoms with Crippen molar-refractivity contribution in [2.24, 2.45) is 0 Å². The molecule has 4 aromatic rings. The lowest BCUT2D eigenvalue weighted by Gasteiger charge is -2.03. The van der Waals surface area contributed by atoms with Crippen LogP contribution in [0.5, 0.6) is 0 Å². The van der Waals surface area contributed by atoms with Crippen LogP contribution in [0.2, 0.25) is 0 Å². The minimum Gasteiger partial charge on any atom is -0.356 e. The first-order chi connectivity index (χ1) is 12.8. The zero-order valence-corrected chi connectivity index (χ0v) is 15.9. The highest BCUT2D eigenvalue weighted by Crippen LogP contribution is 2.23. The van der Waals surface area contributed by atoms with Gasteiger partial charge in [0.15, 0.2) is 0 Å². The summed E-state index contributed by atoms with van der Waals surface area (Å²) in [6.07, 6.45) is 2.99. The second kappa shape index (κ2) is 7.93. The third kappa shape index (κ3) is 4.08. The number of carbonyl (C=O) groups is 1. The van der Waals surface area contributed by atoms with Crippen LogP contribution in [0.25, 0.3) is 20.4 Å². The molecule has 132 valence electrons. The minimum atomic E-state index is 0.0913. The van der Waals surface area contributed by atoms with Crippen LogP contribution in [0.15, 0.2) is 48.5 Å². The molecule has 0 aliphatic carbocycles. The molecule has 0 radical (unpaired) electrons. The fourth-order valence-electron chi connectivity index (χ4n) is 2.83. The highest BCUT2D eigenvalue weighted by Gasteiger charge is 2.07. The van der Waals surface area contributed by atoms with Crippen LogP contribution in [0.4, 0.5) is 0 Å². The fourth-order valence-corrected chi connectivity index (χ4v) is 4.81. The van der Waals surface area contributed by atoms with E-state index in [9.17, 15) is 4.79 Å². The molecule has 2 heterocycles. The van der Waals surface area contributed by atoms with Gasteiger partial charge in [-0.3, -0.25) is 4.79 Å². The molecule has 4 rings (SSSR count). The number of thiazole rings is 2. The van der Waals surface area contributed by atoms with Gasteiger partial charge >= 0.3 is 0 Å². The van der Waals surface area contributed by atoms with Gasteiger partial charge in [0, 0.05) is 25.8 Å². The van der Waals surface area contributed by atoms with E-state index in [0.717, 1.165) is 33.9 Å². The number of nitrogens with one attached hydrogen (secondary N) is 1. The predicted molar refractivity (Wildman–Crippen MR) is 109 cm³/mol. The maximum Gasteiger partial charge on any atom is 0.220 e. The molecule has 0 unspecified atom stereocenters. The number of amides is 1. The molecule has 4 nitrogen and oxygen atoms in total. The van der Waals surface area contributed by atoms with Gasteiger partial charge in [0.25, 0.3) is 0 Å². The maximum absolute atomic E-state index is 12.0. The van der Waals surface area contributed by atoms with E-state index in [2.05, 4.69) is 27.4 Å². The monoisotopic (exact) mass is 381 g/mol. The van der Waals surface area contributed by atoms with E-state index >= 15 is 0 Å². The van der Waals surface area contributed by atoms with Gasteiger partial charge in [-0.25, -0.2) is 9.97 Å². The highest BCUT2D eigenvalue weighted by molar-refractivity contribution is 7.18. The van der Waals surface area contributed by atoms with Crippen molar-refractivity contribution in [3.05, 3.63) is 58.5 Å². The van der Waals surface area contributed by atoms with Crippen molar-refractivity contribution in [1.82, 2.24) is 15.3 Å². The van der Waals surface area contributed by atoms with Gasteiger partial charge in [-0.15, -0.1) is 22.7 Å². The first-order valence-corrected chi connectivity index (χ1v) is 10.4. The van der Waals surface area contributed by atoms with Crippen LogP contribution >= 0.6 is 22.7 Å². The number of aryl methyl sites for hydroxylation is 2. The van der Waals surface area contributed by atoms with E-state index in [1.807, 2.05) is 36.4 Å². The predicted octanol–water partition coefficient (Wildman–Crippen LogP) is 4.59. The zero-order chi connectivity index (χ0) is 17.8. The molecule has 6 heteroatoms. The maximum atomic E-state index is 12.0. The third-order valence-corrected chi connectivity index (χ3v) is 6.32. The molecule has 0 spiro atoms. The number of hydrogen-bond donors (Lipinski definition) is 1. The molecule has 1 N–H and O–H groups in total. The second-order valence-electron chi connectivity index (χ2n) is 6.10. The summed E-state index contributed by atoms with van der Waals surface area (Å²) >= 11 is 3.40. The van der Waals surface area contributed by atoms with Crippen LogP contribution < -0.4 is 5.32 Å². The number of carbonyl (C=O) groups excluding carboxylic acids is 1. The third-order valence-electron chi connectivity index (χ3n) is 4.13. The van der Waals surface area contributed by atoms with Crippen molar-refractivity contribution in [3.63, 3.8) is 0 Å². The largest absolute Gasteiger partial charge is 0.356 e. The first kappa shape index (κ1) is 17.1. The lowest BCUT2D eigenvalue weighted by Crippen LogP contribution is -2.24. The number of fused-ring (bicyclic) bond motifs is 2. The van der Waals surface area contributed by atoms with E-state index in [0.29, 0.717) is 19.4 Å². The molecule has 0 fully saturated rings. The molecule has 2 aromatic carbocycles. The van der Waals surface area contributed by atoms with E-state index < -0.39 is 0 Å². The summed E-state index contributed by atoms with van der Waals surface area (Å²) in [6, 6.07) is 16.3. The van der Waals surface area contributed by atoms with Crippen LogP contribution in [0.1, 0.15) is 22.9 Å². The topological polar surface area (TPSA) is 54.9 Å². The Bertz CT molecular complexity index is 972. The molecule has 0 saturated heterocycles. The van der Waals surface area contributed by atoms with Crippen molar-refractivity contribution in [1.29, 1.82) is 0 Å². The van der Waals surface area contributed by atoms with Gasteiger partial charge in [-0.2, -0.15) is 0 Å². The lowest BCUT2D eigenvalue weighted by atomic mass is 10.2. The Morgan fingerprint density at radius 1 is 0.846 bits per heavy atom. The SMILES string of the molecule is O=C(CCc1nc2ccccc2s1)NCCCc1nc2ccccc2s1. The van der Waals surface area contributed by atoms with Crippen molar-refractivity contribution in [2.75, 3.05) is 6.54 Å². The summed E-state index contributed by atoms with van der Waals surface area (Å²) in [7, 11) is 0. The summed E-state index contributed by atoms with van der Waals surface area (Å²) in [4.78, 5) is 21.2. The number of aromatic nitrogens is 2. The number of rotatable bonds is 7. The first-order valence-electron chi connectivity index (χ1n) is 8.73. The number of para-hydroxylation sites is 2. The quantitative estimate of drug-likeness (QED) is 0.477. The Balaban J connectivity index is 1.20. The summed E-state index contributed by atoms with van der Waals surface area (Å²) in [5, 5.41) is 5.16. The summed E-state index contributed by atoms with van der Waals surface area (Å²) in [5.41, 5.74) is 2.08. The molecule has 1 amide bonds. The van der Waals surface area contributed by atoms with Crippen molar-refractivity contribution in [3.8, 4) is 0 Å². The molecular formula is C20H19N3OS2. The summed E-state index contributed by atoms with van der Waals surface area (Å²) in [5.74, 6) is 0.0913. The zero-order valence-electron chi connectivity index (χ0n) is 14.3. The Morgan fingerprint density at radius 3 is 2.04 bits per heavy atom. The Hall–Kier alpha value is -2.31. The van der Waals surface area contributed by atoms with Gasteiger partial charge in [-0.1, -0.05) is 24.3 Å². The number of hydrogen-bond acceptors (Lipinski definition) is 5. The summed E-state index contributed by atoms with van der Waals surface area (Å²) in [6.45, 7) is 0.689. The normalized spacial score (nSPS) is 11.2. The number of nitrogens with zero attached hydrogens (tertiary/aromatic N) is 2. The van der Waals surface area contributed by atoms with Crippen LogP contribution in [-0.4, -0.2) is 22.4 Å². The average Bonchev–Trinajstić information content (AvgIpc) is 3.26. The summed E-state index contributed by atoms with van der Waals surface area (Å²) < 4.78 is 2.40. The molecule has 0 atom stereocenters. The van der Waals surface area contributed by atoms with Gasteiger partial charge < -0.3 is 5.32 Å². The van der Waals surface area contributed by atoms with Crippen molar-refractivity contribution in [2.45, 2.75) is 25.7 Å². The highest BCUT2D eigenvalue weighted by atomic mass is 32.1. The van der Waals surface area contributed by atoms with E-state index in [1.54, 1.807) is 22.7 Å². The van der Waals surface area contributed by atoms with Crippen molar-refractivity contribution < 1.29 is 4.79 Å². The van der Waals surface area contributed by atoms with E-state index in [4.69, 9.17) is 0 Å². The van der Waals surface area contributed by atoms with Crippen LogP contribution in [0.3, 0.4) is 0 Å². The van der Waals surface area contributed by atoms with E-state index in [1.165, 1.54) is 9.40 Å². The number of benzene rings is 2. The van der Waals surface area contributed by atoms with Gasteiger partial charge in [-0.05, 0) is 30.7 Å². The van der Waals surface area contributed by atoms with Crippen molar-refractivity contribution >= 4 is 49.0 Å². The van der Waals surface area contributed by atoms with Crippen LogP contribution in [-0.2, 0) is 17.6 Å². The smallest absolute Gasteiger partial charge is 0.220 e. The Labute approximate surface area is 159 Å².